The SMILES string of the molecule is CC(C)C[C@@H](N)C(=O)Nc1cccc(-c2nn[nH]n2)c1. The molecule has 0 aliphatic carbocycles. The van der Waals surface area contributed by atoms with E-state index in [0.29, 0.717) is 23.9 Å². The van der Waals surface area contributed by atoms with Crippen molar-refractivity contribution >= 4 is 11.6 Å². The predicted molar refractivity (Wildman–Crippen MR) is 75.7 cm³/mol. The Hall–Kier alpha value is -2.28. The van der Waals surface area contributed by atoms with Crippen molar-refractivity contribution in [2.45, 2.75) is 26.3 Å². The van der Waals surface area contributed by atoms with E-state index >= 15 is 0 Å². The van der Waals surface area contributed by atoms with Crippen LogP contribution in [0.4, 0.5) is 5.69 Å². The Morgan fingerprint density at radius 2 is 2.25 bits per heavy atom. The number of carbonyl (C=O) groups is 1. The molecule has 7 nitrogen and oxygen atoms in total. The van der Waals surface area contributed by atoms with Crippen LogP contribution in [0.5, 0.6) is 0 Å². The van der Waals surface area contributed by atoms with Crippen molar-refractivity contribution in [3.63, 3.8) is 0 Å². The fourth-order valence-electron chi connectivity index (χ4n) is 1.87. The molecule has 0 bridgehead atoms. The molecule has 0 fully saturated rings. The molecule has 0 aliphatic heterocycles. The number of benzene rings is 1. The van der Waals surface area contributed by atoms with Crippen molar-refractivity contribution in [1.82, 2.24) is 20.6 Å². The highest BCUT2D eigenvalue weighted by molar-refractivity contribution is 5.95. The highest BCUT2D eigenvalue weighted by atomic mass is 16.2. The van der Waals surface area contributed by atoms with Crippen molar-refractivity contribution in [1.29, 1.82) is 0 Å². The Kier molecular flexibility index (Phi) is 4.41. The highest BCUT2D eigenvalue weighted by Crippen LogP contribution is 2.18. The second-order valence-electron chi connectivity index (χ2n) is 5.04. The number of aromatic nitrogens is 4. The number of hydrogen-bond acceptors (Lipinski definition) is 5. The first-order valence-electron chi connectivity index (χ1n) is 6.46. The molecule has 1 atom stereocenters. The number of nitrogens with one attached hydrogen (secondary N) is 2. The lowest BCUT2D eigenvalue weighted by atomic mass is 10.0. The maximum atomic E-state index is 12.0. The Morgan fingerprint density at radius 3 is 2.90 bits per heavy atom. The van der Waals surface area contributed by atoms with Crippen LogP contribution in [0.25, 0.3) is 11.4 Å². The van der Waals surface area contributed by atoms with Crippen LogP contribution < -0.4 is 11.1 Å². The van der Waals surface area contributed by atoms with Gasteiger partial charge in [0.05, 0.1) is 6.04 Å². The molecule has 0 unspecified atom stereocenters. The van der Waals surface area contributed by atoms with Crippen LogP contribution in [-0.2, 0) is 4.79 Å². The summed E-state index contributed by atoms with van der Waals surface area (Å²) in [5.74, 6) is 0.665. The largest absolute Gasteiger partial charge is 0.325 e. The van der Waals surface area contributed by atoms with Gasteiger partial charge in [0.1, 0.15) is 0 Å². The molecule has 0 saturated heterocycles. The fourth-order valence-corrected chi connectivity index (χ4v) is 1.87. The average molecular weight is 274 g/mol. The van der Waals surface area contributed by atoms with E-state index in [-0.39, 0.29) is 5.91 Å². The van der Waals surface area contributed by atoms with Crippen LogP contribution in [-0.4, -0.2) is 32.6 Å². The molecule has 2 aromatic rings. The van der Waals surface area contributed by atoms with Crippen molar-refractivity contribution in [2.24, 2.45) is 11.7 Å². The van der Waals surface area contributed by atoms with Gasteiger partial charge < -0.3 is 11.1 Å². The highest BCUT2D eigenvalue weighted by Gasteiger charge is 2.15. The molecule has 4 N–H and O–H groups in total. The normalized spacial score (nSPS) is 12.4. The maximum absolute atomic E-state index is 12.0. The summed E-state index contributed by atoms with van der Waals surface area (Å²) in [5.41, 5.74) is 7.28. The summed E-state index contributed by atoms with van der Waals surface area (Å²) in [6.07, 6.45) is 0.649. The molecule has 1 aromatic heterocycles. The summed E-state index contributed by atoms with van der Waals surface area (Å²) in [5, 5.41) is 16.5. The lowest BCUT2D eigenvalue weighted by molar-refractivity contribution is -0.117. The number of tetrazole rings is 1. The number of nitrogens with two attached hydrogens (primary N) is 1. The van der Waals surface area contributed by atoms with Crippen LogP contribution >= 0.6 is 0 Å². The summed E-state index contributed by atoms with van der Waals surface area (Å²) in [6, 6.07) is 6.72. The van der Waals surface area contributed by atoms with E-state index in [1.54, 1.807) is 12.1 Å². The first-order chi connectivity index (χ1) is 9.56. The van der Waals surface area contributed by atoms with Gasteiger partial charge in [0.2, 0.25) is 11.7 Å². The van der Waals surface area contributed by atoms with E-state index < -0.39 is 6.04 Å². The van der Waals surface area contributed by atoms with Crippen LogP contribution in [0, 0.1) is 5.92 Å². The predicted octanol–water partition coefficient (Wildman–Crippen LogP) is 1.18. The Morgan fingerprint density at radius 1 is 1.45 bits per heavy atom. The molecule has 1 amide bonds. The second kappa shape index (κ2) is 6.25. The topological polar surface area (TPSA) is 110 Å². The van der Waals surface area contributed by atoms with E-state index in [2.05, 4.69) is 25.9 Å². The van der Waals surface area contributed by atoms with E-state index in [1.165, 1.54) is 0 Å². The third-order valence-corrected chi connectivity index (χ3v) is 2.80. The minimum atomic E-state index is -0.510. The number of aromatic amines is 1. The molecule has 0 aliphatic rings. The van der Waals surface area contributed by atoms with Crippen molar-refractivity contribution in [3.8, 4) is 11.4 Å². The monoisotopic (exact) mass is 274 g/mol. The molecule has 20 heavy (non-hydrogen) atoms. The Bertz CT molecular complexity index is 566. The number of nitrogens with zero attached hydrogens (tertiary/aromatic N) is 3. The first-order valence-corrected chi connectivity index (χ1v) is 6.46. The molecule has 7 heteroatoms. The van der Waals surface area contributed by atoms with Crippen LogP contribution in [0.1, 0.15) is 20.3 Å². The van der Waals surface area contributed by atoms with Crippen molar-refractivity contribution in [2.75, 3.05) is 5.32 Å². The minimum absolute atomic E-state index is 0.191. The van der Waals surface area contributed by atoms with Gasteiger partial charge in [-0.15, -0.1) is 10.2 Å². The van der Waals surface area contributed by atoms with E-state index in [1.807, 2.05) is 26.0 Å². The summed E-state index contributed by atoms with van der Waals surface area (Å²) in [7, 11) is 0. The van der Waals surface area contributed by atoms with Gasteiger partial charge in [-0.3, -0.25) is 4.79 Å². The van der Waals surface area contributed by atoms with Gasteiger partial charge >= 0.3 is 0 Å². The summed E-state index contributed by atoms with van der Waals surface area (Å²) < 4.78 is 0. The molecule has 106 valence electrons. The summed E-state index contributed by atoms with van der Waals surface area (Å²) >= 11 is 0. The third-order valence-electron chi connectivity index (χ3n) is 2.80. The molecule has 0 saturated carbocycles. The minimum Gasteiger partial charge on any atom is -0.325 e. The van der Waals surface area contributed by atoms with Gasteiger partial charge in [0, 0.05) is 11.3 Å². The standard InChI is InChI=1S/C13H18N6O/c1-8(2)6-11(14)13(20)15-10-5-3-4-9(7-10)12-16-18-19-17-12/h3-5,7-8,11H,6,14H2,1-2H3,(H,15,20)(H,16,17,18,19)/t11-/m1/s1. The second-order valence-corrected chi connectivity index (χ2v) is 5.04. The molecular formula is C13H18N6O. The zero-order chi connectivity index (χ0) is 14.5. The van der Waals surface area contributed by atoms with E-state index in [9.17, 15) is 4.79 Å². The number of rotatable bonds is 5. The number of amides is 1. The fraction of sp³-hybridized carbons (Fsp3) is 0.385. The molecule has 1 aromatic carbocycles. The Balaban J connectivity index is 2.07. The van der Waals surface area contributed by atoms with Crippen LogP contribution in [0.3, 0.4) is 0 Å². The van der Waals surface area contributed by atoms with Gasteiger partial charge in [-0.1, -0.05) is 26.0 Å². The third kappa shape index (κ3) is 3.61. The van der Waals surface area contributed by atoms with Crippen molar-refractivity contribution in [3.05, 3.63) is 24.3 Å². The zero-order valence-corrected chi connectivity index (χ0v) is 11.5. The number of hydrogen-bond donors (Lipinski definition) is 3. The van der Waals surface area contributed by atoms with Crippen LogP contribution in [0.15, 0.2) is 24.3 Å². The van der Waals surface area contributed by atoms with Gasteiger partial charge in [0.15, 0.2) is 0 Å². The van der Waals surface area contributed by atoms with Crippen molar-refractivity contribution < 1.29 is 4.79 Å². The maximum Gasteiger partial charge on any atom is 0.241 e. The van der Waals surface area contributed by atoms with E-state index in [4.69, 9.17) is 5.73 Å². The van der Waals surface area contributed by atoms with E-state index in [0.717, 1.165) is 5.56 Å². The lowest BCUT2D eigenvalue weighted by Gasteiger charge is -2.14. The van der Waals surface area contributed by atoms with Crippen LogP contribution in [0.2, 0.25) is 0 Å². The summed E-state index contributed by atoms with van der Waals surface area (Å²) in [6.45, 7) is 4.06. The molecule has 0 spiro atoms. The van der Waals surface area contributed by atoms with Gasteiger partial charge in [-0.2, -0.15) is 5.21 Å². The summed E-state index contributed by atoms with van der Waals surface area (Å²) in [4.78, 5) is 12.0. The molecule has 2 rings (SSSR count). The lowest BCUT2D eigenvalue weighted by Crippen LogP contribution is -2.36. The first kappa shape index (κ1) is 14.1. The van der Waals surface area contributed by atoms with Gasteiger partial charge in [0.25, 0.3) is 0 Å². The van der Waals surface area contributed by atoms with Gasteiger partial charge in [-0.25, -0.2) is 0 Å². The zero-order valence-electron chi connectivity index (χ0n) is 11.5. The molecular weight excluding hydrogens is 256 g/mol. The Labute approximate surface area is 117 Å². The number of anilines is 1. The quantitative estimate of drug-likeness (QED) is 0.758. The average Bonchev–Trinajstić information content (AvgIpc) is 2.92. The molecule has 1 heterocycles. The smallest absolute Gasteiger partial charge is 0.241 e. The number of carbonyl (C=O) groups excluding carboxylic acids is 1. The number of H-pyrrole nitrogens is 1. The van der Waals surface area contributed by atoms with Gasteiger partial charge in [-0.05, 0) is 29.7 Å². The molecule has 0 radical (unpaired) electrons.